The zero-order valence-corrected chi connectivity index (χ0v) is 23.1. The van der Waals surface area contributed by atoms with Crippen molar-refractivity contribution in [2.75, 3.05) is 0 Å². The molecule has 2 atom stereocenters. The third-order valence-corrected chi connectivity index (χ3v) is 16.4. The van der Waals surface area contributed by atoms with Gasteiger partial charge < -0.3 is 8.85 Å². The van der Waals surface area contributed by atoms with Crippen molar-refractivity contribution >= 4 is 22.7 Å². The molecule has 0 unspecified atom stereocenters. The summed E-state index contributed by atoms with van der Waals surface area (Å²) in [5, 5.41) is 0.325. The molecule has 0 N–H and O–H groups in total. The monoisotopic (exact) mass is 444 g/mol. The summed E-state index contributed by atoms with van der Waals surface area (Å²) in [5.74, 6) is 0. The lowest BCUT2D eigenvalue weighted by molar-refractivity contribution is 0.0450. The number of benzene rings is 1. The molecule has 2 nitrogen and oxygen atoms in total. The SMILES string of the molecule is C=C1/C(=C/c2ccccc2)CC[C@H](O[Si](C)(C)C(C)(C)C)[C@H]1O[Si](C)(C)C(C)(C)C. The summed E-state index contributed by atoms with van der Waals surface area (Å²) in [6, 6.07) is 10.5. The smallest absolute Gasteiger partial charge is 0.193 e. The molecule has 4 heteroatoms. The van der Waals surface area contributed by atoms with Crippen molar-refractivity contribution < 1.29 is 8.85 Å². The van der Waals surface area contributed by atoms with Gasteiger partial charge in [-0.15, -0.1) is 0 Å². The largest absolute Gasteiger partial charge is 0.411 e. The van der Waals surface area contributed by atoms with E-state index in [0.717, 1.165) is 18.4 Å². The number of hydrogen-bond donors (Lipinski definition) is 0. The second-order valence-electron chi connectivity index (χ2n) is 11.9. The van der Waals surface area contributed by atoms with Crippen LogP contribution in [0, 0.1) is 0 Å². The lowest BCUT2D eigenvalue weighted by atomic mass is 9.85. The quantitative estimate of drug-likeness (QED) is 0.426. The molecule has 0 aliphatic heterocycles. The van der Waals surface area contributed by atoms with Crippen molar-refractivity contribution in [2.24, 2.45) is 0 Å². The van der Waals surface area contributed by atoms with Crippen LogP contribution in [-0.4, -0.2) is 28.8 Å². The molecular formula is C26H44O2Si2. The fraction of sp³-hybridized carbons (Fsp3) is 0.615. The van der Waals surface area contributed by atoms with Crippen molar-refractivity contribution in [3.05, 3.63) is 53.6 Å². The highest BCUT2D eigenvalue weighted by molar-refractivity contribution is 6.74. The Kier molecular flexibility index (Phi) is 7.50. The van der Waals surface area contributed by atoms with Gasteiger partial charge in [-0.1, -0.05) is 84.5 Å². The zero-order valence-electron chi connectivity index (χ0n) is 21.1. The predicted octanol–water partition coefficient (Wildman–Crippen LogP) is 8.20. The maximum absolute atomic E-state index is 6.99. The summed E-state index contributed by atoms with van der Waals surface area (Å²) in [5.41, 5.74) is 3.64. The number of rotatable bonds is 5. The van der Waals surface area contributed by atoms with E-state index in [2.05, 4.69) is 111 Å². The van der Waals surface area contributed by atoms with Crippen LogP contribution in [0.25, 0.3) is 6.08 Å². The Bertz CT molecular complexity index is 764. The van der Waals surface area contributed by atoms with E-state index in [9.17, 15) is 0 Å². The normalized spacial score (nSPS) is 23.1. The van der Waals surface area contributed by atoms with Crippen LogP contribution in [0.5, 0.6) is 0 Å². The molecule has 0 aromatic heterocycles. The van der Waals surface area contributed by atoms with Gasteiger partial charge in [0.2, 0.25) is 0 Å². The van der Waals surface area contributed by atoms with Crippen LogP contribution in [-0.2, 0) is 8.85 Å². The molecule has 1 aliphatic carbocycles. The fourth-order valence-electron chi connectivity index (χ4n) is 3.25. The first-order valence-corrected chi connectivity index (χ1v) is 17.2. The van der Waals surface area contributed by atoms with Gasteiger partial charge in [-0.2, -0.15) is 0 Å². The molecule has 1 fully saturated rings. The summed E-state index contributed by atoms with van der Waals surface area (Å²) in [7, 11) is -3.88. The lowest BCUT2D eigenvalue weighted by Crippen LogP contribution is -2.53. The molecule has 1 aromatic carbocycles. The minimum absolute atomic E-state index is 0.0660. The molecule has 0 spiro atoms. The predicted molar refractivity (Wildman–Crippen MR) is 137 cm³/mol. The highest BCUT2D eigenvalue weighted by atomic mass is 28.4. The van der Waals surface area contributed by atoms with Crippen molar-refractivity contribution in [1.29, 1.82) is 0 Å². The minimum atomic E-state index is -1.97. The molecular weight excluding hydrogens is 400 g/mol. The first-order valence-electron chi connectivity index (χ1n) is 11.4. The summed E-state index contributed by atoms with van der Waals surface area (Å²) >= 11 is 0. The Morgan fingerprint density at radius 1 is 0.867 bits per heavy atom. The van der Waals surface area contributed by atoms with Crippen molar-refractivity contribution in [1.82, 2.24) is 0 Å². The van der Waals surface area contributed by atoms with Gasteiger partial charge in [0.05, 0.1) is 12.2 Å². The first kappa shape index (κ1) is 25.3. The van der Waals surface area contributed by atoms with Crippen LogP contribution in [0.2, 0.25) is 36.3 Å². The van der Waals surface area contributed by atoms with Gasteiger partial charge in [0.25, 0.3) is 0 Å². The Hall–Kier alpha value is -0.946. The van der Waals surface area contributed by atoms with Crippen LogP contribution in [0.3, 0.4) is 0 Å². The molecule has 2 rings (SSSR count). The van der Waals surface area contributed by atoms with E-state index < -0.39 is 16.6 Å². The van der Waals surface area contributed by atoms with E-state index in [1.165, 1.54) is 11.1 Å². The van der Waals surface area contributed by atoms with Gasteiger partial charge in [0, 0.05) is 0 Å². The summed E-state index contributed by atoms with van der Waals surface area (Å²) in [6.07, 6.45) is 4.28. The number of hydrogen-bond acceptors (Lipinski definition) is 2. The van der Waals surface area contributed by atoms with E-state index in [4.69, 9.17) is 8.85 Å². The topological polar surface area (TPSA) is 18.5 Å². The van der Waals surface area contributed by atoms with Gasteiger partial charge in [0.15, 0.2) is 16.6 Å². The maximum Gasteiger partial charge on any atom is 0.193 e. The molecule has 1 aliphatic rings. The molecule has 0 radical (unpaired) electrons. The zero-order chi connectivity index (χ0) is 23.0. The molecule has 0 bridgehead atoms. The standard InChI is InChI=1S/C26H44O2Si2/c1-20-22(19-21-15-13-12-14-16-21)17-18-23(27-29(8,9)25(2,3)4)24(20)28-30(10,11)26(5,6)7/h12-16,19,23-24H,1,17-18H2,2-11H3/b22-19+/t23-,24-/m0/s1. The van der Waals surface area contributed by atoms with E-state index in [-0.39, 0.29) is 22.3 Å². The van der Waals surface area contributed by atoms with E-state index in [1.54, 1.807) is 0 Å². The summed E-state index contributed by atoms with van der Waals surface area (Å²) in [4.78, 5) is 0. The molecule has 0 amide bonds. The molecule has 168 valence electrons. The van der Waals surface area contributed by atoms with E-state index >= 15 is 0 Å². The second-order valence-corrected chi connectivity index (χ2v) is 21.4. The average Bonchev–Trinajstić information content (AvgIpc) is 2.59. The van der Waals surface area contributed by atoms with Crippen molar-refractivity contribution in [3.8, 4) is 0 Å². The Morgan fingerprint density at radius 2 is 1.37 bits per heavy atom. The first-order chi connectivity index (χ1) is 13.6. The van der Waals surface area contributed by atoms with Gasteiger partial charge >= 0.3 is 0 Å². The third kappa shape index (κ3) is 5.84. The summed E-state index contributed by atoms with van der Waals surface area (Å²) < 4.78 is 13.9. The average molecular weight is 445 g/mol. The van der Waals surface area contributed by atoms with Crippen LogP contribution in [0.1, 0.15) is 59.9 Å². The highest BCUT2D eigenvalue weighted by Crippen LogP contribution is 2.44. The fourth-order valence-corrected chi connectivity index (χ4v) is 5.88. The summed E-state index contributed by atoms with van der Waals surface area (Å²) in [6.45, 7) is 27.7. The van der Waals surface area contributed by atoms with Gasteiger partial charge in [0.1, 0.15) is 0 Å². The third-order valence-electron chi connectivity index (χ3n) is 7.41. The lowest BCUT2D eigenvalue weighted by Gasteiger charge is -2.47. The molecule has 1 saturated carbocycles. The second kappa shape index (κ2) is 8.89. The van der Waals surface area contributed by atoms with Crippen molar-refractivity contribution in [2.45, 2.75) is 103 Å². The Balaban J connectivity index is 2.39. The van der Waals surface area contributed by atoms with E-state index in [0.29, 0.717) is 0 Å². The molecule has 0 saturated heterocycles. The Labute approximate surface area is 188 Å². The van der Waals surface area contributed by atoms with Crippen LogP contribution >= 0.6 is 0 Å². The minimum Gasteiger partial charge on any atom is -0.411 e. The maximum atomic E-state index is 6.99. The van der Waals surface area contributed by atoms with Gasteiger partial charge in [-0.05, 0) is 65.8 Å². The molecule has 0 heterocycles. The van der Waals surface area contributed by atoms with Crippen LogP contribution < -0.4 is 0 Å². The van der Waals surface area contributed by atoms with Crippen LogP contribution in [0.4, 0.5) is 0 Å². The highest BCUT2D eigenvalue weighted by Gasteiger charge is 2.46. The van der Waals surface area contributed by atoms with Crippen molar-refractivity contribution in [3.63, 3.8) is 0 Å². The molecule has 30 heavy (non-hydrogen) atoms. The van der Waals surface area contributed by atoms with Gasteiger partial charge in [-0.3, -0.25) is 0 Å². The molecule has 1 aromatic rings. The van der Waals surface area contributed by atoms with Crippen LogP contribution in [0.15, 0.2) is 48.1 Å². The Morgan fingerprint density at radius 3 is 1.87 bits per heavy atom. The van der Waals surface area contributed by atoms with E-state index in [1.807, 2.05) is 0 Å². The van der Waals surface area contributed by atoms with Gasteiger partial charge in [-0.25, -0.2) is 0 Å².